The van der Waals surface area contributed by atoms with Crippen LogP contribution in [-0.4, -0.2) is 72.2 Å². The van der Waals surface area contributed by atoms with Crippen molar-refractivity contribution >= 4 is 33.2 Å². The zero-order chi connectivity index (χ0) is 25.0. The normalized spacial score (nSPS) is 20.4. The van der Waals surface area contributed by atoms with Gasteiger partial charge in [-0.15, -0.1) is 11.3 Å². The van der Waals surface area contributed by atoms with Crippen molar-refractivity contribution in [2.45, 2.75) is 41.3 Å². The Morgan fingerprint density at radius 1 is 1.21 bits per heavy atom. The van der Waals surface area contributed by atoms with Crippen molar-refractivity contribution in [3.63, 3.8) is 0 Å². The van der Waals surface area contributed by atoms with Crippen LogP contribution in [0, 0.1) is 0 Å². The SMILES string of the molecule is O=C(NC1COC2(CCN(S(=O)(=O)c3cccs3)CC2)C1)c1ccccn1.O=C(O)C(F)(F)F. The smallest absolute Gasteiger partial charge is 0.475 e. The molecule has 186 valence electrons. The minimum absolute atomic E-state index is 0.0834. The van der Waals surface area contributed by atoms with Gasteiger partial charge < -0.3 is 15.2 Å². The molecule has 0 radical (unpaired) electrons. The molecule has 4 heterocycles. The van der Waals surface area contributed by atoms with Crippen LogP contribution < -0.4 is 5.32 Å². The summed E-state index contributed by atoms with van der Waals surface area (Å²) in [7, 11) is -3.42. The molecule has 4 rings (SSSR count). The molecular formula is C20H22F3N3O6S2. The molecule has 1 unspecified atom stereocenters. The third-order valence-corrected chi connectivity index (χ3v) is 8.68. The fourth-order valence-electron chi connectivity index (χ4n) is 3.71. The van der Waals surface area contributed by atoms with E-state index in [-0.39, 0.29) is 17.6 Å². The van der Waals surface area contributed by atoms with Gasteiger partial charge in [0.2, 0.25) is 0 Å². The van der Waals surface area contributed by atoms with Crippen LogP contribution in [0.25, 0.3) is 0 Å². The number of piperidine rings is 1. The van der Waals surface area contributed by atoms with Gasteiger partial charge in [0.05, 0.1) is 18.2 Å². The lowest BCUT2D eigenvalue weighted by atomic mass is 9.88. The Labute approximate surface area is 197 Å². The molecule has 0 bridgehead atoms. The highest BCUT2D eigenvalue weighted by Gasteiger charge is 2.45. The van der Waals surface area contributed by atoms with E-state index in [1.54, 1.807) is 41.9 Å². The number of carboxylic acid groups (broad SMARTS) is 1. The monoisotopic (exact) mass is 521 g/mol. The van der Waals surface area contributed by atoms with E-state index in [9.17, 15) is 26.4 Å². The molecule has 2 N–H and O–H groups in total. The average molecular weight is 522 g/mol. The van der Waals surface area contributed by atoms with Crippen LogP contribution in [-0.2, 0) is 19.6 Å². The molecule has 14 heteroatoms. The second-order valence-corrected chi connectivity index (χ2v) is 10.8. The van der Waals surface area contributed by atoms with E-state index in [1.165, 1.54) is 15.6 Å². The van der Waals surface area contributed by atoms with Crippen molar-refractivity contribution in [3.05, 3.63) is 47.6 Å². The van der Waals surface area contributed by atoms with Gasteiger partial charge in [-0.2, -0.15) is 17.5 Å². The highest BCUT2D eigenvalue weighted by Crippen LogP contribution is 2.37. The molecule has 0 aliphatic carbocycles. The summed E-state index contributed by atoms with van der Waals surface area (Å²) in [6.07, 6.45) is -1.54. The lowest BCUT2D eigenvalue weighted by Gasteiger charge is -2.37. The Balaban J connectivity index is 0.000000406. The fraction of sp³-hybridized carbons (Fsp3) is 0.450. The number of amides is 1. The number of aliphatic carboxylic acids is 1. The van der Waals surface area contributed by atoms with Crippen LogP contribution in [0.1, 0.15) is 29.8 Å². The number of nitrogens with one attached hydrogen (secondary N) is 1. The molecule has 9 nitrogen and oxygen atoms in total. The van der Waals surface area contributed by atoms with Crippen LogP contribution in [0.15, 0.2) is 46.1 Å². The molecule has 0 aromatic carbocycles. The highest BCUT2D eigenvalue weighted by molar-refractivity contribution is 7.91. The summed E-state index contributed by atoms with van der Waals surface area (Å²) in [6.45, 7) is 1.30. The first-order chi connectivity index (χ1) is 15.9. The number of carboxylic acids is 1. The number of ether oxygens (including phenoxy) is 1. The van der Waals surface area contributed by atoms with Crippen molar-refractivity contribution in [1.29, 1.82) is 0 Å². The Kier molecular flexibility index (Phi) is 7.95. The number of hydrogen-bond donors (Lipinski definition) is 2. The number of rotatable bonds is 4. The molecule has 0 saturated carbocycles. The second-order valence-electron chi connectivity index (χ2n) is 7.72. The van der Waals surface area contributed by atoms with E-state index >= 15 is 0 Å². The van der Waals surface area contributed by atoms with Gasteiger partial charge in [0.1, 0.15) is 9.90 Å². The lowest BCUT2D eigenvalue weighted by Crippen LogP contribution is -2.47. The van der Waals surface area contributed by atoms with Crippen LogP contribution in [0.4, 0.5) is 13.2 Å². The largest absolute Gasteiger partial charge is 0.490 e. The van der Waals surface area contributed by atoms with Crippen molar-refractivity contribution < 1.29 is 41.0 Å². The second kappa shape index (κ2) is 10.4. The number of hydrogen-bond acceptors (Lipinski definition) is 7. The van der Waals surface area contributed by atoms with Crippen LogP contribution in [0.5, 0.6) is 0 Å². The zero-order valence-electron chi connectivity index (χ0n) is 17.7. The van der Waals surface area contributed by atoms with Gasteiger partial charge in [-0.25, -0.2) is 13.2 Å². The quantitative estimate of drug-likeness (QED) is 0.633. The number of pyridine rings is 1. The molecule has 2 aliphatic heterocycles. The zero-order valence-corrected chi connectivity index (χ0v) is 19.3. The number of alkyl halides is 3. The predicted octanol–water partition coefficient (Wildman–Crippen LogP) is 2.52. The van der Waals surface area contributed by atoms with Gasteiger partial charge in [-0.05, 0) is 42.8 Å². The predicted molar refractivity (Wildman–Crippen MR) is 115 cm³/mol. The fourth-order valence-corrected chi connectivity index (χ4v) is 6.30. The molecule has 2 aromatic heterocycles. The van der Waals surface area contributed by atoms with Gasteiger partial charge in [0.25, 0.3) is 15.9 Å². The van der Waals surface area contributed by atoms with E-state index in [4.69, 9.17) is 14.6 Å². The summed E-state index contributed by atoms with van der Waals surface area (Å²) in [6, 6.07) is 8.52. The van der Waals surface area contributed by atoms with Crippen LogP contribution >= 0.6 is 11.3 Å². The number of aromatic nitrogens is 1. The summed E-state index contributed by atoms with van der Waals surface area (Å²) >= 11 is 1.24. The molecule has 1 spiro atoms. The number of sulfonamides is 1. The van der Waals surface area contributed by atoms with Crippen molar-refractivity contribution in [2.75, 3.05) is 19.7 Å². The maximum Gasteiger partial charge on any atom is 0.490 e. The first-order valence-electron chi connectivity index (χ1n) is 10.1. The molecule has 2 aliphatic rings. The summed E-state index contributed by atoms with van der Waals surface area (Å²) < 4.78 is 65.0. The molecule has 1 atom stereocenters. The summed E-state index contributed by atoms with van der Waals surface area (Å²) in [4.78, 5) is 25.2. The first-order valence-corrected chi connectivity index (χ1v) is 12.4. The van der Waals surface area contributed by atoms with Crippen LogP contribution in [0.2, 0.25) is 0 Å². The maximum absolute atomic E-state index is 12.6. The minimum Gasteiger partial charge on any atom is -0.475 e. The first kappa shape index (κ1) is 26.1. The Hall–Kier alpha value is -2.55. The van der Waals surface area contributed by atoms with Crippen LogP contribution in [0.3, 0.4) is 0 Å². The lowest BCUT2D eigenvalue weighted by molar-refractivity contribution is -0.192. The molecule has 1 amide bonds. The highest BCUT2D eigenvalue weighted by atomic mass is 32.2. The van der Waals surface area contributed by atoms with Crippen molar-refractivity contribution in [2.24, 2.45) is 0 Å². The topological polar surface area (TPSA) is 126 Å². The number of halogens is 3. The number of carbonyl (C=O) groups is 2. The Bertz CT molecular complexity index is 1090. The third-order valence-electron chi connectivity index (χ3n) is 5.41. The number of thiophene rings is 1. The minimum atomic E-state index is -5.08. The van der Waals surface area contributed by atoms with Gasteiger partial charge in [-0.3, -0.25) is 9.78 Å². The van der Waals surface area contributed by atoms with Gasteiger partial charge >= 0.3 is 12.1 Å². The van der Waals surface area contributed by atoms with E-state index in [0.717, 1.165) is 0 Å². The standard InChI is InChI=1S/C18H21N3O4S2.C2HF3O2/c22-17(15-4-1-2-8-19-15)20-14-12-18(25-13-14)6-9-21(10-7-18)27(23,24)16-5-3-11-26-16;3-2(4,5)1(6)7/h1-5,8,11,14H,6-7,9-10,12-13H2,(H,20,22);(H,6,7). The van der Waals surface area contributed by atoms with E-state index in [2.05, 4.69) is 10.3 Å². The molecule has 2 saturated heterocycles. The van der Waals surface area contributed by atoms with E-state index in [1.807, 2.05) is 0 Å². The van der Waals surface area contributed by atoms with Crippen molar-refractivity contribution in [3.8, 4) is 0 Å². The van der Waals surface area contributed by atoms with Crippen molar-refractivity contribution in [1.82, 2.24) is 14.6 Å². The van der Waals surface area contributed by atoms with Gasteiger partial charge in [-0.1, -0.05) is 12.1 Å². The molecule has 2 aromatic rings. The maximum atomic E-state index is 12.6. The Morgan fingerprint density at radius 2 is 1.88 bits per heavy atom. The van der Waals surface area contributed by atoms with E-state index < -0.39 is 22.2 Å². The molecule has 34 heavy (non-hydrogen) atoms. The molecular weight excluding hydrogens is 499 g/mol. The summed E-state index contributed by atoms with van der Waals surface area (Å²) in [5, 5.41) is 11.9. The third kappa shape index (κ3) is 6.31. The van der Waals surface area contributed by atoms with Gasteiger partial charge in [0.15, 0.2) is 0 Å². The molecule has 2 fully saturated rings. The van der Waals surface area contributed by atoms with Gasteiger partial charge in [0, 0.05) is 19.3 Å². The summed E-state index contributed by atoms with van der Waals surface area (Å²) in [5.74, 6) is -2.97. The number of nitrogens with zero attached hydrogens (tertiary/aromatic N) is 2. The Morgan fingerprint density at radius 3 is 2.41 bits per heavy atom. The number of carbonyl (C=O) groups excluding carboxylic acids is 1. The average Bonchev–Trinajstić information content (AvgIpc) is 3.46. The summed E-state index contributed by atoms with van der Waals surface area (Å²) in [5.41, 5.74) is 0.0269. The van der Waals surface area contributed by atoms with E-state index in [0.29, 0.717) is 48.9 Å².